The number of nitrogen functional groups attached to an aromatic ring is 1. The van der Waals surface area contributed by atoms with E-state index < -0.39 is 17.6 Å². The fourth-order valence-electron chi connectivity index (χ4n) is 1.28. The summed E-state index contributed by atoms with van der Waals surface area (Å²) in [6, 6.07) is 4.05. The number of hydrogen-bond donors (Lipinski definition) is 1. The first kappa shape index (κ1) is 10.5. The van der Waals surface area contributed by atoms with Crippen molar-refractivity contribution in [2.24, 2.45) is 0 Å². The molecule has 0 atom stereocenters. The van der Waals surface area contributed by atoms with Crippen molar-refractivity contribution < 1.29 is 17.6 Å². The van der Waals surface area contributed by atoms with Crippen molar-refractivity contribution in [1.29, 1.82) is 0 Å². The van der Waals surface area contributed by atoms with Gasteiger partial charge in [-0.15, -0.1) is 0 Å². The third kappa shape index (κ3) is 1.86. The smallest absolute Gasteiger partial charge is 0.419 e. The average molecular weight is 228 g/mol. The second-order valence-corrected chi connectivity index (χ2v) is 3.13. The fourth-order valence-corrected chi connectivity index (χ4v) is 1.28. The van der Waals surface area contributed by atoms with E-state index in [4.69, 9.17) is 10.2 Å². The van der Waals surface area contributed by atoms with Crippen molar-refractivity contribution in [1.82, 2.24) is 4.98 Å². The van der Waals surface area contributed by atoms with E-state index in [-0.39, 0.29) is 5.56 Å². The maximum atomic E-state index is 12.5. The molecule has 6 heteroatoms. The predicted octanol–water partition coefficient (Wildman–Crippen LogP) is 2.94. The normalized spacial score (nSPS) is 11.7. The lowest BCUT2D eigenvalue weighted by atomic mass is 10.1. The lowest BCUT2D eigenvalue weighted by Gasteiger charge is -2.09. The molecule has 2 rings (SSSR count). The van der Waals surface area contributed by atoms with Gasteiger partial charge >= 0.3 is 6.18 Å². The fraction of sp³-hybridized carbons (Fsp3) is 0.100. The van der Waals surface area contributed by atoms with Gasteiger partial charge in [0.1, 0.15) is 11.6 Å². The van der Waals surface area contributed by atoms with Crippen LogP contribution in [-0.4, -0.2) is 4.98 Å². The maximum absolute atomic E-state index is 12.5. The third-order valence-electron chi connectivity index (χ3n) is 2.03. The van der Waals surface area contributed by atoms with E-state index in [0.717, 1.165) is 6.07 Å². The molecular weight excluding hydrogens is 221 g/mol. The first-order chi connectivity index (χ1) is 7.48. The van der Waals surface area contributed by atoms with Gasteiger partial charge in [-0.3, -0.25) is 0 Å². The second-order valence-electron chi connectivity index (χ2n) is 3.13. The number of rotatable bonds is 1. The number of nitrogens with two attached hydrogens (primary N) is 1. The zero-order chi connectivity index (χ0) is 11.8. The Morgan fingerprint density at radius 2 is 2.06 bits per heavy atom. The van der Waals surface area contributed by atoms with Gasteiger partial charge in [-0.1, -0.05) is 0 Å². The van der Waals surface area contributed by atoms with Crippen molar-refractivity contribution in [3.63, 3.8) is 0 Å². The molecule has 0 fully saturated rings. The van der Waals surface area contributed by atoms with E-state index in [1.165, 1.54) is 12.5 Å². The molecule has 0 aliphatic rings. The molecule has 0 aromatic carbocycles. The topological polar surface area (TPSA) is 52.0 Å². The number of anilines is 1. The molecule has 0 bridgehead atoms. The summed E-state index contributed by atoms with van der Waals surface area (Å²) in [4.78, 5) is 3.50. The van der Waals surface area contributed by atoms with Gasteiger partial charge in [0.05, 0.1) is 11.8 Å². The van der Waals surface area contributed by atoms with Gasteiger partial charge in [0.2, 0.25) is 0 Å². The molecule has 16 heavy (non-hydrogen) atoms. The SMILES string of the molecule is Nc1ncc(-c2ccco2)cc1C(F)(F)F. The Morgan fingerprint density at radius 3 is 2.62 bits per heavy atom. The van der Waals surface area contributed by atoms with Crippen LogP contribution in [0.5, 0.6) is 0 Å². The second kappa shape index (κ2) is 3.55. The summed E-state index contributed by atoms with van der Waals surface area (Å²) < 4.78 is 42.5. The molecule has 0 aliphatic heterocycles. The lowest BCUT2D eigenvalue weighted by Crippen LogP contribution is -2.10. The average Bonchev–Trinajstić information content (AvgIpc) is 2.69. The molecule has 3 nitrogen and oxygen atoms in total. The summed E-state index contributed by atoms with van der Waals surface area (Å²) in [6.45, 7) is 0. The predicted molar refractivity (Wildman–Crippen MR) is 51.4 cm³/mol. The molecule has 0 saturated carbocycles. The minimum Gasteiger partial charge on any atom is -0.464 e. The van der Waals surface area contributed by atoms with Crippen molar-refractivity contribution in [2.45, 2.75) is 6.18 Å². The van der Waals surface area contributed by atoms with E-state index >= 15 is 0 Å². The van der Waals surface area contributed by atoms with Gasteiger partial charge in [-0.05, 0) is 18.2 Å². The molecule has 2 aromatic rings. The maximum Gasteiger partial charge on any atom is 0.419 e. The summed E-state index contributed by atoms with van der Waals surface area (Å²) in [5, 5.41) is 0. The molecule has 2 N–H and O–H groups in total. The van der Waals surface area contributed by atoms with Gasteiger partial charge < -0.3 is 10.2 Å². The van der Waals surface area contributed by atoms with Crippen LogP contribution >= 0.6 is 0 Å². The summed E-state index contributed by atoms with van der Waals surface area (Å²) in [7, 11) is 0. The highest BCUT2D eigenvalue weighted by Gasteiger charge is 2.34. The molecule has 0 aliphatic carbocycles. The molecule has 2 aromatic heterocycles. The molecule has 84 valence electrons. The van der Waals surface area contributed by atoms with E-state index in [9.17, 15) is 13.2 Å². The van der Waals surface area contributed by atoms with Gasteiger partial charge in [-0.2, -0.15) is 13.2 Å². The monoisotopic (exact) mass is 228 g/mol. The molecule has 0 saturated heterocycles. The number of aromatic nitrogens is 1. The molecule has 0 amide bonds. The number of halogens is 3. The van der Waals surface area contributed by atoms with E-state index in [1.54, 1.807) is 12.1 Å². The van der Waals surface area contributed by atoms with Crippen LogP contribution in [0.1, 0.15) is 5.56 Å². The summed E-state index contributed by atoms with van der Waals surface area (Å²) in [6.07, 6.45) is -1.90. The van der Waals surface area contributed by atoms with Crippen LogP contribution in [0, 0.1) is 0 Å². The Bertz CT molecular complexity index is 491. The van der Waals surface area contributed by atoms with Gasteiger partial charge in [0.25, 0.3) is 0 Å². The zero-order valence-corrected chi connectivity index (χ0v) is 7.95. The minimum atomic E-state index is -4.51. The first-order valence-corrected chi connectivity index (χ1v) is 4.35. The Morgan fingerprint density at radius 1 is 1.31 bits per heavy atom. The highest BCUT2D eigenvalue weighted by Crippen LogP contribution is 2.34. The van der Waals surface area contributed by atoms with Crippen LogP contribution in [0.25, 0.3) is 11.3 Å². The van der Waals surface area contributed by atoms with Crippen molar-refractivity contribution >= 4 is 5.82 Å². The van der Waals surface area contributed by atoms with Crippen LogP contribution in [0.2, 0.25) is 0 Å². The van der Waals surface area contributed by atoms with E-state index in [0.29, 0.717) is 5.76 Å². The summed E-state index contributed by atoms with van der Waals surface area (Å²) >= 11 is 0. The van der Waals surface area contributed by atoms with E-state index in [1.807, 2.05) is 0 Å². The minimum absolute atomic E-state index is 0.242. The highest BCUT2D eigenvalue weighted by molar-refractivity contribution is 5.60. The number of nitrogens with zero attached hydrogens (tertiary/aromatic N) is 1. The van der Waals surface area contributed by atoms with Crippen LogP contribution in [-0.2, 0) is 6.18 Å². The van der Waals surface area contributed by atoms with Crippen molar-refractivity contribution in [2.75, 3.05) is 5.73 Å². The molecular formula is C10H7F3N2O. The van der Waals surface area contributed by atoms with E-state index in [2.05, 4.69) is 4.98 Å². The molecule has 0 spiro atoms. The first-order valence-electron chi connectivity index (χ1n) is 4.35. The number of pyridine rings is 1. The zero-order valence-electron chi connectivity index (χ0n) is 7.95. The molecule has 2 heterocycles. The number of hydrogen-bond acceptors (Lipinski definition) is 3. The summed E-state index contributed by atoms with van der Waals surface area (Å²) in [5.41, 5.74) is 4.45. The largest absolute Gasteiger partial charge is 0.464 e. The number of alkyl halides is 3. The van der Waals surface area contributed by atoms with Crippen LogP contribution in [0.3, 0.4) is 0 Å². The highest BCUT2D eigenvalue weighted by atomic mass is 19.4. The Labute approximate surface area is 88.7 Å². The van der Waals surface area contributed by atoms with Crippen LogP contribution in [0.4, 0.5) is 19.0 Å². The van der Waals surface area contributed by atoms with Gasteiger partial charge in [0, 0.05) is 11.8 Å². The molecule has 0 unspecified atom stereocenters. The Kier molecular flexibility index (Phi) is 2.34. The van der Waals surface area contributed by atoms with Gasteiger partial charge in [0.15, 0.2) is 0 Å². The summed E-state index contributed by atoms with van der Waals surface area (Å²) in [5.74, 6) is -0.221. The van der Waals surface area contributed by atoms with Gasteiger partial charge in [-0.25, -0.2) is 4.98 Å². The van der Waals surface area contributed by atoms with Crippen molar-refractivity contribution in [3.05, 3.63) is 36.2 Å². The standard InChI is InChI=1S/C10H7F3N2O/c11-10(12,13)7-4-6(5-15-9(7)14)8-2-1-3-16-8/h1-5H,(H2,14,15). The third-order valence-corrected chi connectivity index (χ3v) is 2.03. The quantitative estimate of drug-likeness (QED) is 0.816. The lowest BCUT2D eigenvalue weighted by molar-refractivity contribution is -0.137. The van der Waals surface area contributed by atoms with Crippen molar-refractivity contribution in [3.8, 4) is 11.3 Å². The van der Waals surface area contributed by atoms with Crippen LogP contribution in [0.15, 0.2) is 35.1 Å². The Balaban J connectivity index is 2.52. The Hall–Kier alpha value is -1.98. The van der Waals surface area contributed by atoms with Crippen LogP contribution < -0.4 is 5.73 Å². The molecule has 0 radical (unpaired) electrons. The number of furan rings is 1.